The van der Waals surface area contributed by atoms with E-state index in [1.165, 1.54) is 11.8 Å². The van der Waals surface area contributed by atoms with Crippen LogP contribution >= 0.6 is 47.1 Å². The van der Waals surface area contributed by atoms with E-state index in [9.17, 15) is 4.79 Å². The SMILES string of the molecule is COC(C)(C)CCSc1nc2ccc(NC(=O)CSC(=S)N(C)C)cc2s1. The molecular weight excluding hydrogens is 418 g/mol. The minimum Gasteiger partial charge on any atom is -0.379 e. The van der Waals surface area contributed by atoms with E-state index < -0.39 is 0 Å². The lowest BCUT2D eigenvalue weighted by Gasteiger charge is -2.21. The summed E-state index contributed by atoms with van der Waals surface area (Å²) in [6.07, 6.45) is 0.956. The van der Waals surface area contributed by atoms with E-state index in [0.29, 0.717) is 10.1 Å². The molecule has 1 aromatic carbocycles. The van der Waals surface area contributed by atoms with Gasteiger partial charge >= 0.3 is 0 Å². The lowest BCUT2D eigenvalue weighted by Crippen LogP contribution is -2.22. The number of methoxy groups -OCH3 is 1. The highest BCUT2D eigenvalue weighted by atomic mass is 32.2. The number of nitrogens with zero attached hydrogens (tertiary/aromatic N) is 2. The molecule has 0 bridgehead atoms. The number of rotatable bonds is 8. The van der Waals surface area contributed by atoms with Crippen molar-refractivity contribution < 1.29 is 9.53 Å². The summed E-state index contributed by atoms with van der Waals surface area (Å²) in [7, 11) is 5.48. The van der Waals surface area contributed by atoms with Gasteiger partial charge in [0, 0.05) is 32.6 Å². The molecule has 1 aromatic heterocycles. The summed E-state index contributed by atoms with van der Waals surface area (Å²) in [4.78, 5) is 18.6. The maximum atomic E-state index is 12.1. The molecule has 0 unspecified atom stereocenters. The Morgan fingerprint density at radius 2 is 2.15 bits per heavy atom. The minimum atomic E-state index is -0.117. The van der Waals surface area contributed by atoms with Crippen molar-refractivity contribution in [2.75, 3.05) is 38.0 Å². The molecule has 0 radical (unpaired) electrons. The zero-order valence-corrected chi connectivity index (χ0v) is 19.5. The fourth-order valence-electron chi connectivity index (χ4n) is 1.98. The van der Waals surface area contributed by atoms with Crippen LogP contribution in [0.25, 0.3) is 10.2 Å². The zero-order chi connectivity index (χ0) is 20.0. The fraction of sp³-hybridized carbons (Fsp3) is 0.500. The molecule has 0 aliphatic carbocycles. The van der Waals surface area contributed by atoms with Crippen molar-refractivity contribution in [1.29, 1.82) is 0 Å². The molecule has 1 N–H and O–H groups in total. The zero-order valence-electron chi connectivity index (χ0n) is 16.2. The average molecular weight is 444 g/mol. The maximum absolute atomic E-state index is 12.1. The number of anilines is 1. The molecule has 2 aromatic rings. The molecule has 0 spiro atoms. The van der Waals surface area contributed by atoms with Crippen LogP contribution in [0.15, 0.2) is 22.5 Å². The predicted octanol–water partition coefficient (Wildman–Crippen LogP) is 4.72. The summed E-state index contributed by atoms with van der Waals surface area (Å²) in [5.74, 6) is 1.19. The average Bonchev–Trinajstić information content (AvgIpc) is 3.01. The molecule has 0 saturated carbocycles. The number of ether oxygens (including phenoxy) is 1. The van der Waals surface area contributed by atoms with E-state index >= 15 is 0 Å². The van der Waals surface area contributed by atoms with Gasteiger partial charge in [-0.3, -0.25) is 4.79 Å². The lowest BCUT2D eigenvalue weighted by molar-refractivity contribution is -0.113. The van der Waals surface area contributed by atoms with Crippen molar-refractivity contribution >= 4 is 73.2 Å². The first-order valence-electron chi connectivity index (χ1n) is 8.42. The molecule has 5 nitrogen and oxygen atoms in total. The topological polar surface area (TPSA) is 54.5 Å². The van der Waals surface area contributed by atoms with Gasteiger partial charge in [0.25, 0.3) is 0 Å². The van der Waals surface area contributed by atoms with Crippen molar-refractivity contribution in [3.8, 4) is 0 Å². The van der Waals surface area contributed by atoms with Crippen LogP contribution in [0.4, 0.5) is 5.69 Å². The molecule has 0 aliphatic rings. The fourth-order valence-corrected chi connectivity index (χ4v) is 5.17. The Bertz CT molecular complexity index is 805. The Hall–Kier alpha value is -0.870. The molecule has 27 heavy (non-hydrogen) atoms. The van der Waals surface area contributed by atoms with Crippen LogP contribution in [0.1, 0.15) is 20.3 Å². The minimum absolute atomic E-state index is 0.0653. The number of thiazole rings is 1. The summed E-state index contributed by atoms with van der Waals surface area (Å²) in [6.45, 7) is 4.18. The predicted molar refractivity (Wildman–Crippen MR) is 123 cm³/mol. The van der Waals surface area contributed by atoms with Crippen molar-refractivity contribution in [3.05, 3.63) is 18.2 Å². The molecular formula is C18H25N3O2S4. The van der Waals surface area contributed by atoms with Crippen LogP contribution in [0, 0.1) is 0 Å². The number of nitrogens with one attached hydrogen (secondary N) is 1. The third kappa shape index (κ3) is 7.23. The summed E-state index contributed by atoms with van der Waals surface area (Å²) >= 11 is 9.92. The first-order chi connectivity index (χ1) is 12.7. The second-order valence-corrected chi connectivity index (χ2v) is 10.7. The number of hydrogen-bond donors (Lipinski definition) is 1. The van der Waals surface area contributed by atoms with Crippen molar-refractivity contribution in [2.24, 2.45) is 0 Å². The highest BCUT2D eigenvalue weighted by Crippen LogP contribution is 2.32. The van der Waals surface area contributed by atoms with Crippen LogP contribution < -0.4 is 5.32 Å². The summed E-state index contributed by atoms with van der Waals surface area (Å²) < 4.78 is 8.25. The van der Waals surface area contributed by atoms with E-state index in [1.807, 2.05) is 37.2 Å². The van der Waals surface area contributed by atoms with Gasteiger partial charge in [0.05, 0.1) is 21.6 Å². The Balaban J connectivity index is 1.93. The molecule has 0 saturated heterocycles. The number of thiocarbonyl (C=S) groups is 1. The van der Waals surface area contributed by atoms with Gasteiger partial charge in [-0.1, -0.05) is 35.7 Å². The summed E-state index contributed by atoms with van der Waals surface area (Å²) in [6, 6.07) is 5.81. The van der Waals surface area contributed by atoms with Crippen molar-refractivity contribution in [3.63, 3.8) is 0 Å². The van der Waals surface area contributed by atoms with Crippen molar-refractivity contribution in [1.82, 2.24) is 9.88 Å². The highest BCUT2D eigenvalue weighted by Gasteiger charge is 2.16. The van der Waals surface area contributed by atoms with E-state index in [0.717, 1.165) is 32.4 Å². The first kappa shape index (κ1) is 22.4. The Morgan fingerprint density at radius 1 is 1.41 bits per heavy atom. The maximum Gasteiger partial charge on any atom is 0.234 e. The smallest absolute Gasteiger partial charge is 0.234 e. The van der Waals surface area contributed by atoms with E-state index in [-0.39, 0.29) is 11.5 Å². The van der Waals surface area contributed by atoms with Crippen molar-refractivity contribution in [2.45, 2.75) is 30.2 Å². The van der Waals surface area contributed by atoms with Gasteiger partial charge in [0.15, 0.2) is 4.34 Å². The number of hydrogen-bond acceptors (Lipinski definition) is 7. The van der Waals surface area contributed by atoms with E-state index in [1.54, 1.807) is 30.2 Å². The van der Waals surface area contributed by atoms with Gasteiger partial charge in [-0.05, 0) is 38.5 Å². The molecule has 9 heteroatoms. The number of carbonyl (C=O) groups excluding carboxylic acids is 1. The van der Waals surface area contributed by atoms with Gasteiger partial charge in [0.2, 0.25) is 5.91 Å². The second-order valence-electron chi connectivity index (χ2n) is 6.72. The molecule has 0 atom stereocenters. The summed E-state index contributed by atoms with van der Waals surface area (Å²) in [5, 5.41) is 2.93. The normalized spacial score (nSPS) is 11.6. The van der Waals surface area contributed by atoms with Gasteiger partial charge in [-0.25, -0.2) is 4.98 Å². The van der Waals surface area contributed by atoms with Gasteiger partial charge in [0.1, 0.15) is 4.32 Å². The van der Waals surface area contributed by atoms with Crippen LogP contribution in [0.5, 0.6) is 0 Å². The molecule has 2 rings (SSSR count). The lowest BCUT2D eigenvalue weighted by atomic mass is 10.1. The van der Waals surface area contributed by atoms with Crippen LogP contribution in [0.3, 0.4) is 0 Å². The molecule has 0 aliphatic heterocycles. The second kappa shape index (κ2) is 10.1. The van der Waals surface area contributed by atoms with E-state index in [2.05, 4.69) is 24.1 Å². The molecule has 1 amide bonds. The Kier molecular flexibility index (Phi) is 8.36. The van der Waals surface area contributed by atoms with Gasteiger partial charge < -0.3 is 15.0 Å². The third-order valence-electron chi connectivity index (χ3n) is 3.83. The van der Waals surface area contributed by atoms with Crippen LogP contribution in [-0.2, 0) is 9.53 Å². The quantitative estimate of drug-likeness (QED) is 0.468. The standard InChI is InChI=1S/C18H25N3O2S4/c1-18(2,23-5)8-9-25-16-20-13-7-6-12(10-14(13)27-16)19-15(22)11-26-17(24)21(3)4/h6-7,10H,8-9,11H2,1-5H3,(H,19,22). The monoisotopic (exact) mass is 443 g/mol. The third-order valence-corrected chi connectivity index (χ3v) is 7.73. The number of thioether (sulfide) groups is 2. The van der Waals surface area contributed by atoms with Crippen LogP contribution in [0.2, 0.25) is 0 Å². The Labute approximate surface area is 178 Å². The van der Waals surface area contributed by atoms with Crippen LogP contribution in [-0.4, -0.2) is 58.4 Å². The Morgan fingerprint density at radius 3 is 2.81 bits per heavy atom. The molecule has 1 heterocycles. The van der Waals surface area contributed by atoms with Gasteiger partial charge in [-0.15, -0.1) is 11.3 Å². The number of aromatic nitrogens is 1. The van der Waals surface area contributed by atoms with Gasteiger partial charge in [-0.2, -0.15) is 0 Å². The molecule has 148 valence electrons. The number of benzene rings is 1. The molecule has 0 fully saturated rings. The highest BCUT2D eigenvalue weighted by molar-refractivity contribution is 8.23. The first-order valence-corrected chi connectivity index (χ1v) is 11.6. The number of amides is 1. The largest absolute Gasteiger partial charge is 0.379 e. The van der Waals surface area contributed by atoms with E-state index in [4.69, 9.17) is 17.0 Å². The number of carbonyl (C=O) groups is 1. The number of fused-ring (bicyclic) bond motifs is 1. The summed E-state index contributed by atoms with van der Waals surface area (Å²) in [5.41, 5.74) is 1.62.